The van der Waals surface area contributed by atoms with Gasteiger partial charge in [0, 0.05) is 11.8 Å². The van der Waals surface area contributed by atoms with Crippen molar-refractivity contribution in [1.82, 2.24) is 14.6 Å². The van der Waals surface area contributed by atoms with Crippen molar-refractivity contribution < 1.29 is 14.3 Å². The summed E-state index contributed by atoms with van der Waals surface area (Å²) in [6.07, 6.45) is 1.79. The fraction of sp³-hybridized carbons (Fsp3) is 0.133. The molecule has 0 saturated carbocycles. The number of fused-ring (bicyclic) bond motifs is 2. The number of hydrogen-bond acceptors (Lipinski definition) is 5. The lowest BCUT2D eigenvalue weighted by Crippen LogP contribution is -2.17. The SMILES string of the molecule is O=C(Nc1nnc2ccccn12)c1ccc2c(c1)OCCO2. The van der Waals surface area contributed by atoms with Crippen molar-refractivity contribution in [2.24, 2.45) is 0 Å². The molecule has 2 aromatic heterocycles. The second-order valence-electron chi connectivity index (χ2n) is 4.77. The Hall–Kier alpha value is -3.09. The lowest BCUT2D eigenvalue weighted by molar-refractivity contribution is 0.102. The molecule has 0 radical (unpaired) electrons. The van der Waals surface area contributed by atoms with Gasteiger partial charge >= 0.3 is 0 Å². The molecule has 0 atom stereocenters. The zero-order valence-corrected chi connectivity index (χ0v) is 11.5. The Labute approximate surface area is 125 Å². The Morgan fingerprint density at radius 3 is 2.86 bits per heavy atom. The van der Waals surface area contributed by atoms with E-state index in [9.17, 15) is 4.79 Å². The highest BCUT2D eigenvalue weighted by Gasteiger charge is 2.16. The van der Waals surface area contributed by atoms with E-state index in [2.05, 4.69) is 15.5 Å². The van der Waals surface area contributed by atoms with Gasteiger partial charge in [0.15, 0.2) is 17.1 Å². The van der Waals surface area contributed by atoms with Gasteiger partial charge in [0.25, 0.3) is 5.91 Å². The molecule has 3 aromatic rings. The number of hydrogen-bond donors (Lipinski definition) is 1. The summed E-state index contributed by atoms with van der Waals surface area (Å²) >= 11 is 0. The summed E-state index contributed by atoms with van der Waals surface area (Å²) in [6.45, 7) is 0.997. The summed E-state index contributed by atoms with van der Waals surface area (Å²) in [5.41, 5.74) is 1.14. The van der Waals surface area contributed by atoms with E-state index in [4.69, 9.17) is 9.47 Å². The van der Waals surface area contributed by atoms with Gasteiger partial charge in [-0.15, -0.1) is 10.2 Å². The van der Waals surface area contributed by atoms with E-state index in [-0.39, 0.29) is 5.91 Å². The molecule has 1 aliphatic heterocycles. The monoisotopic (exact) mass is 296 g/mol. The van der Waals surface area contributed by atoms with Crippen LogP contribution < -0.4 is 14.8 Å². The quantitative estimate of drug-likeness (QED) is 0.779. The third-order valence-corrected chi connectivity index (χ3v) is 3.34. The molecule has 0 spiro atoms. The Morgan fingerprint density at radius 2 is 1.95 bits per heavy atom. The van der Waals surface area contributed by atoms with Gasteiger partial charge in [-0.1, -0.05) is 6.07 Å². The summed E-state index contributed by atoms with van der Waals surface area (Å²) < 4.78 is 12.6. The summed E-state index contributed by atoms with van der Waals surface area (Å²) in [5.74, 6) is 1.31. The molecule has 0 fully saturated rings. The molecule has 1 aliphatic rings. The first-order chi connectivity index (χ1) is 10.8. The fourth-order valence-electron chi connectivity index (χ4n) is 2.28. The zero-order chi connectivity index (χ0) is 14.9. The van der Waals surface area contributed by atoms with Crippen LogP contribution in [0.2, 0.25) is 0 Å². The number of carbonyl (C=O) groups excluding carboxylic acids is 1. The Kier molecular flexibility index (Phi) is 2.89. The molecule has 7 nitrogen and oxygen atoms in total. The van der Waals surface area contributed by atoms with Gasteiger partial charge in [-0.05, 0) is 30.3 Å². The van der Waals surface area contributed by atoms with E-state index in [1.165, 1.54) is 0 Å². The normalized spacial score (nSPS) is 13.1. The highest BCUT2D eigenvalue weighted by Crippen LogP contribution is 2.30. The Morgan fingerprint density at radius 1 is 1.09 bits per heavy atom. The zero-order valence-electron chi connectivity index (χ0n) is 11.5. The van der Waals surface area contributed by atoms with Gasteiger partial charge < -0.3 is 9.47 Å². The average Bonchev–Trinajstić information content (AvgIpc) is 2.97. The van der Waals surface area contributed by atoms with Gasteiger partial charge in [-0.3, -0.25) is 14.5 Å². The molecule has 0 saturated heterocycles. The van der Waals surface area contributed by atoms with Crippen LogP contribution in [0.1, 0.15) is 10.4 Å². The van der Waals surface area contributed by atoms with Crippen LogP contribution in [0.5, 0.6) is 11.5 Å². The second-order valence-corrected chi connectivity index (χ2v) is 4.77. The number of benzene rings is 1. The van der Waals surface area contributed by atoms with E-state index < -0.39 is 0 Å². The van der Waals surface area contributed by atoms with Crippen LogP contribution in [-0.4, -0.2) is 33.7 Å². The maximum atomic E-state index is 12.4. The maximum absolute atomic E-state index is 12.4. The molecule has 1 N–H and O–H groups in total. The predicted octanol–water partition coefficient (Wildman–Crippen LogP) is 1.75. The summed E-state index contributed by atoms with van der Waals surface area (Å²) in [4.78, 5) is 12.4. The van der Waals surface area contributed by atoms with Crippen molar-refractivity contribution in [1.29, 1.82) is 0 Å². The van der Waals surface area contributed by atoms with Crippen molar-refractivity contribution in [3.05, 3.63) is 48.2 Å². The fourth-order valence-corrected chi connectivity index (χ4v) is 2.28. The number of aromatic nitrogens is 3. The number of nitrogens with zero attached hydrogens (tertiary/aromatic N) is 3. The first-order valence-electron chi connectivity index (χ1n) is 6.82. The summed E-state index contributed by atoms with van der Waals surface area (Å²) in [7, 11) is 0. The van der Waals surface area contributed by atoms with Gasteiger partial charge in [0.1, 0.15) is 13.2 Å². The highest BCUT2D eigenvalue weighted by atomic mass is 16.6. The Bertz CT molecular complexity index is 859. The molecule has 22 heavy (non-hydrogen) atoms. The van der Waals surface area contributed by atoms with Gasteiger partial charge in [0.2, 0.25) is 5.95 Å². The minimum atomic E-state index is -0.282. The van der Waals surface area contributed by atoms with Crippen LogP contribution in [0.15, 0.2) is 42.6 Å². The highest BCUT2D eigenvalue weighted by molar-refractivity contribution is 6.03. The molecule has 4 rings (SSSR count). The van der Waals surface area contributed by atoms with E-state index in [1.54, 1.807) is 28.8 Å². The van der Waals surface area contributed by atoms with Crippen LogP contribution >= 0.6 is 0 Å². The topological polar surface area (TPSA) is 77.8 Å². The molecule has 7 heteroatoms. The molecular weight excluding hydrogens is 284 g/mol. The summed E-state index contributed by atoms with van der Waals surface area (Å²) in [6, 6.07) is 10.6. The number of anilines is 1. The van der Waals surface area contributed by atoms with E-state index in [0.29, 0.717) is 41.9 Å². The lowest BCUT2D eigenvalue weighted by Gasteiger charge is -2.18. The summed E-state index contributed by atoms with van der Waals surface area (Å²) in [5, 5.41) is 10.7. The van der Waals surface area contributed by atoms with Crippen molar-refractivity contribution in [2.75, 3.05) is 18.5 Å². The van der Waals surface area contributed by atoms with Crippen LogP contribution in [0.4, 0.5) is 5.95 Å². The van der Waals surface area contributed by atoms with E-state index in [0.717, 1.165) is 0 Å². The van der Waals surface area contributed by atoms with Crippen molar-refractivity contribution in [2.45, 2.75) is 0 Å². The van der Waals surface area contributed by atoms with Gasteiger partial charge in [0.05, 0.1) is 0 Å². The minimum absolute atomic E-state index is 0.282. The van der Waals surface area contributed by atoms with E-state index >= 15 is 0 Å². The third kappa shape index (κ3) is 2.12. The van der Waals surface area contributed by atoms with Crippen LogP contribution in [0, 0.1) is 0 Å². The molecule has 3 heterocycles. The number of pyridine rings is 1. The number of ether oxygens (including phenoxy) is 2. The molecule has 0 unspecified atom stereocenters. The van der Waals surface area contributed by atoms with Crippen LogP contribution in [0.3, 0.4) is 0 Å². The third-order valence-electron chi connectivity index (χ3n) is 3.34. The lowest BCUT2D eigenvalue weighted by atomic mass is 10.2. The molecule has 0 bridgehead atoms. The average molecular weight is 296 g/mol. The van der Waals surface area contributed by atoms with Crippen molar-refractivity contribution >= 4 is 17.5 Å². The molecule has 0 aliphatic carbocycles. The standard InChI is InChI=1S/C15H12N4O3/c20-14(10-4-5-11-12(9-10)22-8-7-21-11)16-15-18-17-13-3-1-2-6-19(13)15/h1-6,9H,7-8H2,(H,16,18,20). The largest absolute Gasteiger partial charge is 0.486 e. The second kappa shape index (κ2) is 5.03. The molecular formula is C15H12N4O3. The first kappa shape index (κ1) is 12.6. The smallest absolute Gasteiger partial charge is 0.258 e. The van der Waals surface area contributed by atoms with Crippen LogP contribution in [-0.2, 0) is 0 Å². The Balaban J connectivity index is 1.62. The van der Waals surface area contributed by atoms with Crippen LogP contribution in [0.25, 0.3) is 5.65 Å². The first-order valence-corrected chi connectivity index (χ1v) is 6.82. The number of amides is 1. The predicted molar refractivity (Wildman–Crippen MR) is 78.4 cm³/mol. The minimum Gasteiger partial charge on any atom is -0.486 e. The molecule has 110 valence electrons. The van der Waals surface area contributed by atoms with Gasteiger partial charge in [-0.2, -0.15) is 0 Å². The molecule has 1 aromatic carbocycles. The number of nitrogens with one attached hydrogen (secondary N) is 1. The molecule has 1 amide bonds. The number of rotatable bonds is 2. The van der Waals surface area contributed by atoms with E-state index in [1.807, 2.05) is 18.2 Å². The van der Waals surface area contributed by atoms with Gasteiger partial charge in [-0.25, -0.2) is 0 Å². The van der Waals surface area contributed by atoms with Crippen molar-refractivity contribution in [3.8, 4) is 11.5 Å². The maximum Gasteiger partial charge on any atom is 0.258 e. The number of carbonyl (C=O) groups is 1. The van der Waals surface area contributed by atoms with Crippen molar-refractivity contribution in [3.63, 3.8) is 0 Å².